The average molecular weight is 353 g/mol. The molecule has 1 amide bonds. The van der Waals surface area contributed by atoms with Crippen molar-refractivity contribution in [1.82, 2.24) is 15.0 Å². The predicted molar refractivity (Wildman–Crippen MR) is 80.6 cm³/mol. The van der Waals surface area contributed by atoms with Crippen LogP contribution in [0.15, 0.2) is 22.7 Å². The Morgan fingerprint density at radius 1 is 1.40 bits per heavy atom. The molecule has 25 heavy (non-hydrogen) atoms. The molecule has 134 valence electrons. The molecular weight excluding hydrogens is 336 g/mol. The van der Waals surface area contributed by atoms with Crippen molar-refractivity contribution in [2.24, 2.45) is 5.92 Å². The SMILES string of the molecule is COCc1noc(C2CN(C(=O)c3ccc(F)c(F)c3)CC2CO)n1. The Kier molecular flexibility index (Phi) is 5.05. The highest BCUT2D eigenvalue weighted by Crippen LogP contribution is 2.32. The largest absolute Gasteiger partial charge is 0.396 e. The third kappa shape index (κ3) is 3.52. The fourth-order valence-electron chi connectivity index (χ4n) is 2.92. The normalized spacial score (nSPS) is 20.2. The Labute approximate surface area is 142 Å². The average Bonchev–Trinajstić information content (AvgIpc) is 3.23. The first-order valence-electron chi connectivity index (χ1n) is 7.70. The maximum Gasteiger partial charge on any atom is 0.253 e. The van der Waals surface area contributed by atoms with E-state index in [0.717, 1.165) is 12.1 Å². The number of rotatable bonds is 5. The van der Waals surface area contributed by atoms with Crippen LogP contribution in [0.5, 0.6) is 0 Å². The maximum absolute atomic E-state index is 13.4. The number of carbonyl (C=O) groups excluding carboxylic acids is 1. The molecule has 1 aliphatic heterocycles. The number of benzene rings is 1. The Balaban J connectivity index is 1.77. The number of aromatic nitrogens is 2. The number of halogens is 2. The number of hydrogen-bond acceptors (Lipinski definition) is 6. The van der Waals surface area contributed by atoms with E-state index >= 15 is 0 Å². The number of methoxy groups -OCH3 is 1. The van der Waals surface area contributed by atoms with Crippen LogP contribution in [0.25, 0.3) is 0 Å². The van der Waals surface area contributed by atoms with E-state index in [1.807, 2.05) is 0 Å². The summed E-state index contributed by atoms with van der Waals surface area (Å²) in [6, 6.07) is 3.00. The Bertz CT molecular complexity index is 768. The highest BCUT2D eigenvalue weighted by Gasteiger charge is 2.39. The van der Waals surface area contributed by atoms with Gasteiger partial charge in [-0.25, -0.2) is 8.78 Å². The lowest BCUT2D eigenvalue weighted by atomic mass is 9.97. The smallest absolute Gasteiger partial charge is 0.253 e. The highest BCUT2D eigenvalue weighted by molar-refractivity contribution is 5.94. The van der Waals surface area contributed by atoms with Crippen molar-refractivity contribution in [3.63, 3.8) is 0 Å². The summed E-state index contributed by atoms with van der Waals surface area (Å²) in [6.45, 7) is 0.504. The van der Waals surface area contributed by atoms with Crippen molar-refractivity contribution < 1.29 is 27.9 Å². The molecule has 0 saturated carbocycles. The predicted octanol–water partition coefficient (Wildman–Crippen LogP) is 1.34. The van der Waals surface area contributed by atoms with Crippen molar-refractivity contribution in [1.29, 1.82) is 0 Å². The van der Waals surface area contributed by atoms with Crippen molar-refractivity contribution in [3.8, 4) is 0 Å². The summed E-state index contributed by atoms with van der Waals surface area (Å²) in [5.41, 5.74) is 0.0434. The first-order chi connectivity index (χ1) is 12.0. The first-order valence-corrected chi connectivity index (χ1v) is 7.70. The fraction of sp³-hybridized carbons (Fsp3) is 0.438. The number of nitrogens with zero attached hydrogens (tertiary/aromatic N) is 3. The Morgan fingerprint density at radius 2 is 2.20 bits per heavy atom. The first kappa shape index (κ1) is 17.4. The molecule has 1 N–H and O–H groups in total. The van der Waals surface area contributed by atoms with Crippen LogP contribution in [0.3, 0.4) is 0 Å². The molecule has 2 atom stereocenters. The van der Waals surface area contributed by atoms with Crippen molar-refractivity contribution in [2.45, 2.75) is 12.5 Å². The van der Waals surface area contributed by atoms with Gasteiger partial charge in [0.2, 0.25) is 5.89 Å². The second-order valence-electron chi connectivity index (χ2n) is 5.87. The third-order valence-corrected chi connectivity index (χ3v) is 4.20. The van der Waals surface area contributed by atoms with Gasteiger partial charge in [-0.2, -0.15) is 4.98 Å². The fourth-order valence-corrected chi connectivity index (χ4v) is 2.92. The van der Waals surface area contributed by atoms with Crippen LogP contribution in [0, 0.1) is 17.6 Å². The van der Waals surface area contributed by atoms with Gasteiger partial charge in [-0.3, -0.25) is 4.79 Å². The maximum atomic E-state index is 13.4. The molecule has 2 aromatic rings. The van der Waals surface area contributed by atoms with E-state index in [9.17, 15) is 18.7 Å². The van der Waals surface area contributed by atoms with Gasteiger partial charge in [0.25, 0.3) is 5.91 Å². The number of aliphatic hydroxyl groups excluding tert-OH is 1. The molecule has 9 heteroatoms. The zero-order valence-corrected chi connectivity index (χ0v) is 13.5. The topological polar surface area (TPSA) is 88.7 Å². The molecule has 1 aliphatic rings. The van der Waals surface area contributed by atoms with Gasteiger partial charge in [0.15, 0.2) is 17.5 Å². The number of amides is 1. The van der Waals surface area contributed by atoms with Crippen LogP contribution in [-0.4, -0.2) is 52.9 Å². The quantitative estimate of drug-likeness (QED) is 0.873. The van der Waals surface area contributed by atoms with Gasteiger partial charge >= 0.3 is 0 Å². The van der Waals surface area contributed by atoms with Crippen LogP contribution in [0.1, 0.15) is 28.0 Å². The zero-order valence-electron chi connectivity index (χ0n) is 13.5. The van der Waals surface area contributed by atoms with E-state index in [4.69, 9.17) is 9.26 Å². The summed E-state index contributed by atoms with van der Waals surface area (Å²) in [6.07, 6.45) is 0. The molecule has 3 rings (SSSR count). The third-order valence-electron chi connectivity index (χ3n) is 4.20. The molecule has 1 fully saturated rings. The minimum absolute atomic E-state index is 0.0434. The van der Waals surface area contributed by atoms with Gasteiger partial charge < -0.3 is 19.3 Å². The van der Waals surface area contributed by atoms with Gasteiger partial charge in [-0.05, 0) is 18.2 Å². The van der Waals surface area contributed by atoms with Crippen molar-refractivity contribution >= 4 is 5.91 Å². The lowest BCUT2D eigenvalue weighted by molar-refractivity contribution is 0.0780. The lowest BCUT2D eigenvalue weighted by Gasteiger charge is -2.16. The summed E-state index contributed by atoms with van der Waals surface area (Å²) in [5, 5.41) is 13.4. The minimum atomic E-state index is -1.08. The summed E-state index contributed by atoms with van der Waals surface area (Å²) >= 11 is 0. The van der Waals surface area contributed by atoms with Crippen LogP contribution in [0.2, 0.25) is 0 Å². The number of ether oxygens (including phenoxy) is 1. The minimum Gasteiger partial charge on any atom is -0.396 e. The number of likely N-dealkylation sites (tertiary alicyclic amines) is 1. The molecule has 0 aliphatic carbocycles. The van der Waals surface area contributed by atoms with Crippen LogP contribution in [0.4, 0.5) is 8.78 Å². The lowest BCUT2D eigenvalue weighted by Crippen LogP contribution is -2.29. The van der Waals surface area contributed by atoms with Crippen LogP contribution in [-0.2, 0) is 11.3 Å². The molecule has 0 radical (unpaired) electrons. The summed E-state index contributed by atoms with van der Waals surface area (Å²) in [4.78, 5) is 18.2. The number of carbonyl (C=O) groups is 1. The van der Waals surface area contributed by atoms with Crippen molar-refractivity contribution in [2.75, 3.05) is 26.8 Å². The molecule has 1 aromatic carbocycles. The molecule has 7 nitrogen and oxygen atoms in total. The molecule has 1 saturated heterocycles. The van der Waals surface area contributed by atoms with E-state index in [1.165, 1.54) is 18.1 Å². The van der Waals surface area contributed by atoms with Crippen LogP contribution >= 0.6 is 0 Å². The summed E-state index contributed by atoms with van der Waals surface area (Å²) in [5.74, 6) is -2.48. The molecule has 2 unspecified atom stereocenters. The van der Waals surface area contributed by atoms with Gasteiger partial charge in [-0.1, -0.05) is 5.16 Å². The summed E-state index contributed by atoms with van der Waals surface area (Å²) in [7, 11) is 1.50. The Hall–Kier alpha value is -2.39. The van der Waals surface area contributed by atoms with E-state index in [0.29, 0.717) is 11.7 Å². The molecule has 1 aromatic heterocycles. The Morgan fingerprint density at radius 3 is 2.88 bits per heavy atom. The van der Waals surface area contributed by atoms with E-state index in [1.54, 1.807) is 0 Å². The molecule has 0 bridgehead atoms. The van der Waals surface area contributed by atoms with E-state index < -0.39 is 17.5 Å². The van der Waals surface area contributed by atoms with E-state index in [-0.39, 0.29) is 43.7 Å². The second kappa shape index (κ2) is 7.24. The second-order valence-corrected chi connectivity index (χ2v) is 5.87. The molecular formula is C16H17F2N3O4. The monoisotopic (exact) mass is 353 g/mol. The highest BCUT2D eigenvalue weighted by atomic mass is 19.2. The van der Waals surface area contributed by atoms with Crippen molar-refractivity contribution in [3.05, 3.63) is 47.1 Å². The van der Waals surface area contributed by atoms with Gasteiger partial charge in [0.1, 0.15) is 6.61 Å². The van der Waals surface area contributed by atoms with Gasteiger partial charge in [0.05, 0.1) is 5.92 Å². The van der Waals surface area contributed by atoms with E-state index in [2.05, 4.69) is 10.1 Å². The molecule has 0 spiro atoms. The standard InChI is InChI=1S/C16H17F2N3O4/c1-24-8-14-19-15(25-20-14)11-6-21(5-10(11)7-22)16(23)9-2-3-12(17)13(18)4-9/h2-4,10-11,22H,5-8H2,1H3. The van der Waals surface area contributed by atoms with Gasteiger partial charge in [-0.15, -0.1) is 0 Å². The number of hydrogen-bond donors (Lipinski definition) is 1. The van der Waals surface area contributed by atoms with Crippen LogP contribution < -0.4 is 0 Å². The van der Waals surface area contributed by atoms with Gasteiger partial charge in [0, 0.05) is 38.3 Å². The zero-order chi connectivity index (χ0) is 18.0. The number of aliphatic hydroxyl groups is 1. The molecule has 2 heterocycles. The summed E-state index contributed by atoms with van der Waals surface area (Å²) < 4.78 is 36.5.